The van der Waals surface area contributed by atoms with Crippen molar-refractivity contribution in [2.45, 2.75) is 0 Å². The zero-order chi connectivity index (χ0) is 13.1. The highest BCUT2D eigenvalue weighted by atomic mass is 127. The number of hydrogen-bond acceptors (Lipinski definition) is 6. The number of para-hydroxylation sites is 1. The molecule has 1 aromatic carbocycles. The molecule has 7 nitrogen and oxygen atoms in total. The lowest BCUT2D eigenvalue weighted by molar-refractivity contribution is -0.385. The van der Waals surface area contributed by atoms with Crippen LogP contribution in [0.1, 0.15) is 0 Å². The van der Waals surface area contributed by atoms with Crippen LogP contribution in [-0.2, 0) is 0 Å². The Bertz CT molecular complexity index is 605. The van der Waals surface area contributed by atoms with E-state index in [1.54, 1.807) is 12.1 Å². The summed E-state index contributed by atoms with van der Waals surface area (Å²) in [6, 6.07) is 7.08. The molecular weight excluding hydrogens is 351 g/mol. The number of nitrogen functional groups attached to an aromatic ring is 1. The van der Waals surface area contributed by atoms with Crippen LogP contribution < -0.4 is 10.5 Å². The number of aromatic nitrogens is 2. The lowest BCUT2D eigenvalue weighted by Crippen LogP contribution is -2.03. The molecule has 0 atom stereocenters. The van der Waals surface area contributed by atoms with Gasteiger partial charge in [-0.25, -0.2) is 4.98 Å². The topological polar surface area (TPSA) is 104 Å². The van der Waals surface area contributed by atoms with Gasteiger partial charge >= 0.3 is 11.6 Å². The van der Waals surface area contributed by atoms with E-state index in [4.69, 9.17) is 10.5 Å². The predicted molar refractivity (Wildman–Crippen MR) is 72.3 cm³/mol. The van der Waals surface area contributed by atoms with Gasteiger partial charge in [0.15, 0.2) is 0 Å². The van der Waals surface area contributed by atoms with E-state index >= 15 is 0 Å². The van der Waals surface area contributed by atoms with Crippen LogP contribution in [0.15, 0.2) is 30.6 Å². The van der Waals surface area contributed by atoms with E-state index in [-0.39, 0.29) is 11.7 Å². The molecule has 1 aromatic heterocycles. The molecule has 0 aliphatic heterocycles. The molecule has 0 unspecified atom stereocenters. The van der Waals surface area contributed by atoms with Crippen molar-refractivity contribution in [1.29, 1.82) is 0 Å². The van der Waals surface area contributed by atoms with Gasteiger partial charge < -0.3 is 10.5 Å². The number of hydrogen-bond donors (Lipinski definition) is 1. The Balaban J connectivity index is 2.44. The molecule has 0 amide bonds. The van der Waals surface area contributed by atoms with Crippen LogP contribution in [0.5, 0.6) is 11.6 Å². The van der Waals surface area contributed by atoms with Crippen molar-refractivity contribution in [2.24, 2.45) is 0 Å². The molecule has 2 rings (SSSR count). The van der Waals surface area contributed by atoms with Crippen molar-refractivity contribution < 1.29 is 9.66 Å². The van der Waals surface area contributed by atoms with Crippen molar-refractivity contribution >= 4 is 34.1 Å². The zero-order valence-corrected chi connectivity index (χ0v) is 11.1. The number of nitro groups is 1. The number of benzene rings is 1. The molecule has 0 spiro atoms. The highest BCUT2D eigenvalue weighted by Crippen LogP contribution is 2.33. The van der Waals surface area contributed by atoms with Gasteiger partial charge in [-0.1, -0.05) is 12.1 Å². The summed E-state index contributed by atoms with van der Waals surface area (Å²) >= 11 is 2.06. The first-order chi connectivity index (χ1) is 8.59. The van der Waals surface area contributed by atoms with E-state index in [2.05, 4.69) is 32.6 Å². The summed E-state index contributed by atoms with van der Waals surface area (Å²) in [7, 11) is 0. The van der Waals surface area contributed by atoms with Crippen LogP contribution in [0, 0.1) is 13.7 Å². The Morgan fingerprint density at radius 3 is 2.72 bits per heavy atom. The number of nitrogens with zero attached hydrogens (tertiary/aromatic N) is 3. The average molecular weight is 358 g/mol. The first kappa shape index (κ1) is 12.5. The minimum atomic E-state index is -0.666. The van der Waals surface area contributed by atoms with Crippen molar-refractivity contribution in [3.8, 4) is 11.6 Å². The van der Waals surface area contributed by atoms with Crippen LogP contribution in [-0.4, -0.2) is 14.9 Å². The SMILES string of the molecule is Nc1ncnc(Oc2ccccc2I)c1[N+](=O)[O-]. The summed E-state index contributed by atoms with van der Waals surface area (Å²) in [5.41, 5.74) is 5.01. The third-order valence-corrected chi connectivity index (χ3v) is 2.93. The number of ether oxygens (including phenoxy) is 1. The third kappa shape index (κ3) is 2.47. The largest absolute Gasteiger partial charge is 0.432 e. The first-order valence-electron chi connectivity index (χ1n) is 4.77. The van der Waals surface area contributed by atoms with Crippen molar-refractivity contribution in [2.75, 3.05) is 5.73 Å². The maximum atomic E-state index is 10.9. The Morgan fingerprint density at radius 1 is 1.33 bits per heavy atom. The van der Waals surface area contributed by atoms with Crippen molar-refractivity contribution in [3.63, 3.8) is 0 Å². The van der Waals surface area contributed by atoms with Crippen LogP contribution in [0.4, 0.5) is 11.5 Å². The summed E-state index contributed by atoms with van der Waals surface area (Å²) < 4.78 is 6.21. The van der Waals surface area contributed by atoms with Crippen LogP contribution in [0.25, 0.3) is 0 Å². The van der Waals surface area contributed by atoms with Gasteiger partial charge in [0.1, 0.15) is 12.1 Å². The van der Waals surface area contributed by atoms with Crippen molar-refractivity contribution in [3.05, 3.63) is 44.3 Å². The quantitative estimate of drug-likeness (QED) is 0.513. The second-order valence-corrected chi connectivity index (χ2v) is 4.36. The van der Waals surface area contributed by atoms with Gasteiger partial charge in [0.2, 0.25) is 5.82 Å². The molecule has 8 heteroatoms. The highest BCUT2D eigenvalue weighted by Gasteiger charge is 2.23. The smallest absolute Gasteiger partial charge is 0.372 e. The predicted octanol–water partition coefficient (Wildman–Crippen LogP) is 2.36. The van der Waals surface area contributed by atoms with Crippen LogP contribution in [0.3, 0.4) is 0 Å². The van der Waals surface area contributed by atoms with Gasteiger partial charge in [0, 0.05) is 0 Å². The second-order valence-electron chi connectivity index (χ2n) is 3.20. The summed E-state index contributed by atoms with van der Waals surface area (Å²) in [6.07, 6.45) is 1.12. The fourth-order valence-corrected chi connectivity index (χ4v) is 1.75. The van der Waals surface area contributed by atoms with E-state index < -0.39 is 10.6 Å². The summed E-state index contributed by atoms with van der Waals surface area (Å²) in [5.74, 6) is 0.0758. The average Bonchev–Trinajstić information content (AvgIpc) is 2.31. The van der Waals surface area contributed by atoms with Crippen LogP contribution >= 0.6 is 22.6 Å². The molecule has 0 bridgehead atoms. The molecule has 18 heavy (non-hydrogen) atoms. The van der Waals surface area contributed by atoms with Gasteiger partial charge in [-0.2, -0.15) is 4.98 Å². The monoisotopic (exact) mass is 358 g/mol. The Kier molecular flexibility index (Phi) is 3.55. The molecule has 2 N–H and O–H groups in total. The Labute approximate surface area is 115 Å². The molecule has 0 aliphatic rings. The van der Waals surface area contributed by atoms with Gasteiger partial charge in [-0.05, 0) is 34.7 Å². The lowest BCUT2D eigenvalue weighted by atomic mass is 10.3. The van der Waals surface area contributed by atoms with Gasteiger partial charge in [0.25, 0.3) is 0 Å². The normalized spacial score (nSPS) is 10.1. The van der Waals surface area contributed by atoms with Crippen LogP contribution in [0.2, 0.25) is 0 Å². The number of anilines is 1. The van der Waals surface area contributed by atoms with Gasteiger partial charge in [-0.3, -0.25) is 10.1 Å². The highest BCUT2D eigenvalue weighted by molar-refractivity contribution is 14.1. The van der Waals surface area contributed by atoms with E-state index in [0.717, 1.165) is 9.90 Å². The minimum absolute atomic E-state index is 0.170. The minimum Gasteiger partial charge on any atom is -0.432 e. The maximum absolute atomic E-state index is 10.9. The first-order valence-corrected chi connectivity index (χ1v) is 5.84. The molecule has 0 saturated heterocycles. The molecule has 0 saturated carbocycles. The molecule has 2 aromatic rings. The second kappa shape index (κ2) is 5.12. The molecule has 92 valence electrons. The summed E-state index contributed by atoms with van der Waals surface area (Å²) in [4.78, 5) is 17.5. The summed E-state index contributed by atoms with van der Waals surface area (Å²) in [6.45, 7) is 0. The Hall–Kier alpha value is -1.97. The standard InChI is InChI=1S/C10H7IN4O3/c11-6-3-1-2-4-7(6)18-10-8(15(16)17)9(12)13-5-14-10/h1-5H,(H2,12,13,14). The molecule has 1 heterocycles. The number of nitrogens with two attached hydrogens (primary N) is 1. The maximum Gasteiger partial charge on any atom is 0.372 e. The van der Waals surface area contributed by atoms with Gasteiger partial charge in [0.05, 0.1) is 8.49 Å². The van der Waals surface area contributed by atoms with E-state index in [1.165, 1.54) is 0 Å². The van der Waals surface area contributed by atoms with E-state index in [9.17, 15) is 10.1 Å². The molecule has 0 fully saturated rings. The van der Waals surface area contributed by atoms with Crippen molar-refractivity contribution in [1.82, 2.24) is 9.97 Å². The zero-order valence-electron chi connectivity index (χ0n) is 8.91. The van der Waals surface area contributed by atoms with E-state index in [0.29, 0.717) is 5.75 Å². The molecule has 0 radical (unpaired) electrons. The molecule has 0 aliphatic carbocycles. The fraction of sp³-hybridized carbons (Fsp3) is 0. The number of rotatable bonds is 3. The Morgan fingerprint density at radius 2 is 2.06 bits per heavy atom. The van der Waals surface area contributed by atoms with E-state index in [1.807, 2.05) is 12.1 Å². The third-order valence-electron chi connectivity index (χ3n) is 2.04. The molecular formula is C10H7IN4O3. The fourth-order valence-electron chi connectivity index (χ4n) is 1.25. The number of halogens is 1. The summed E-state index contributed by atoms with van der Waals surface area (Å²) in [5, 5.41) is 10.9. The lowest BCUT2D eigenvalue weighted by Gasteiger charge is -2.07. The van der Waals surface area contributed by atoms with Gasteiger partial charge in [-0.15, -0.1) is 0 Å².